The number of rotatable bonds is 1. The van der Waals surface area contributed by atoms with Crippen LogP contribution < -0.4 is 5.73 Å². The van der Waals surface area contributed by atoms with E-state index in [0.717, 1.165) is 5.56 Å². The molecule has 0 spiro atoms. The smallest absolute Gasteiger partial charge is 0.101 e. The van der Waals surface area contributed by atoms with Crippen LogP contribution in [0, 0.1) is 23.2 Å². The standard InChI is InChI=1S/C11H9ClN2/c12-6-2-1-3-9-4-5-11(14)10(7-9)8-13/h4-5,7H,2,6,14H2. The van der Waals surface area contributed by atoms with Crippen molar-refractivity contribution in [3.8, 4) is 17.9 Å². The van der Waals surface area contributed by atoms with Gasteiger partial charge in [-0.1, -0.05) is 11.8 Å². The monoisotopic (exact) mass is 204 g/mol. The molecule has 0 radical (unpaired) electrons. The Balaban J connectivity index is 2.93. The summed E-state index contributed by atoms with van der Waals surface area (Å²) in [6.07, 6.45) is 0.647. The van der Waals surface area contributed by atoms with Crippen LogP contribution in [0.2, 0.25) is 0 Å². The Morgan fingerprint density at radius 1 is 1.43 bits per heavy atom. The van der Waals surface area contributed by atoms with Gasteiger partial charge in [0.25, 0.3) is 0 Å². The molecule has 2 N–H and O–H groups in total. The fourth-order valence-corrected chi connectivity index (χ4v) is 1.04. The molecule has 0 aliphatic heterocycles. The average molecular weight is 205 g/mol. The lowest BCUT2D eigenvalue weighted by Crippen LogP contribution is -1.90. The molecule has 70 valence electrons. The molecule has 14 heavy (non-hydrogen) atoms. The summed E-state index contributed by atoms with van der Waals surface area (Å²) in [4.78, 5) is 0. The summed E-state index contributed by atoms with van der Waals surface area (Å²) in [7, 11) is 0. The Bertz CT molecular complexity index is 421. The summed E-state index contributed by atoms with van der Waals surface area (Å²) in [5.41, 5.74) is 7.30. The van der Waals surface area contributed by atoms with Gasteiger partial charge in [0.2, 0.25) is 0 Å². The maximum absolute atomic E-state index is 8.72. The Hall–Kier alpha value is -1.64. The molecular formula is C11H9ClN2. The molecule has 0 aliphatic rings. The minimum Gasteiger partial charge on any atom is -0.398 e. The van der Waals surface area contributed by atoms with Gasteiger partial charge in [0.15, 0.2) is 0 Å². The lowest BCUT2D eigenvalue weighted by atomic mass is 10.1. The summed E-state index contributed by atoms with van der Waals surface area (Å²) in [6, 6.07) is 7.16. The van der Waals surface area contributed by atoms with Crippen molar-refractivity contribution in [3.05, 3.63) is 29.3 Å². The third-order valence-corrected chi connectivity index (χ3v) is 1.81. The van der Waals surface area contributed by atoms with Crippen LogP contribution in [0.1, 0.15) is 17.5 Å². The van der Waals surface area contributed by atoms with Crippen molar-refractivity contribution in [1.29, 1.82) is 5.26 Å². The molecule has 0 unspecified atom stereocenters. The van der Waals surface area contributed by atoms with Crippen LogP contribution >= 0.6 is 11.6 Å². The second-order valence-electron chi connectivity index (χ2n) is 2.65. The topological polar surface area (TPSA) is 49.8 Å². The second-order valence-corrected chi connectivity index (χ2v) is 3.03. The predicted molar refractivity (Wildman–Crippen MR) is 57.8 cm³/mol. The molecule has 0 amide bonds. The molecular weight excluding hydrogens is 196 g/mol. The Labute approximate surface area is 88.3 Å². The van der Waals surface area contributed by atoms with Gasteiger partial charge in [0.05, 0.1) is 5.56 Å². The van der Waals surface area contributed by atoms with Gasteiger partial charge in [0, 0.05) is 23.6 Å². The lowest BCUT2D eigenvalue weighted by molar-refractivity contribution is 1.29. The molecule has 1 rings (SSSR count). The van der Waals surface area contributed by atoms with E-state index in [2.05, 4.69) is 11.8 Å². The molecule has 0 atom stereocenters. The summed E-state index contributed by atoms with van der Waals surface area (Å²) in [5, 5.41) is 8.72. The fourth-order valence-electron chi connectivity index (χ4n) is 0.943. The predicted octanol–water partition coefficient (Wildman–Crippen LogP) is 2.12. The van der Waals surface area contributed by atoms with Crippen LogP contribution in [0.25, 0.3) is 0 Å². The third-order valence-electron chi connectivity index (χ3n) is 1.63. The van der Waals surface area contributed by atoms with Gasteiger partial charge in [-0.05, 0) is 18.2 Å². The second kappa shape index (κ2) is 5.17. The van der Waals surface area contributed by atoms with E-state index in [1.807, 2.05) is 6.07 Å². The van der Waals surface area contributed by atoms with Gasteiger partial charge in [-0.2, -0.15) is 5.26 Å². The van der Waals surface area contributed by atoms with Crippen molar-refractivity contribution in [2.75, 3.05) is 11.6 Å². The number of benzene rings is 1. The fraction of sp³-hybridized carbons (Fsp3) is 0.182. The van der Waals surface area contributed by atoms with Crippen molar-refractivity contribution in [2.45, 2.75) is 6.42 Å². The van der Waals surface area contributed by atoms with Crippen molar-refractivity contribution >= 4 is 17.3 Å². The molecule has 2 nitrogen and oxygen atoms in total. The van der Waals surface area contributed by atoms with E-state index in [1.165, 1.54) is 0 Å². The molecule has 0 saturated carbocycles. The summed E-state index contributed by atoms with van der Waals surface area (Å²) >= 11 is 5.48. The van der Waals surface area contributed by atoms with Gasteiger partial charge in [0.1, 0.15) is 6.07 Å². The zero-order chi connectivity index (χ0) is 10.4. The van der Waals surface area contributed by atoms with E-state index in [1.54, 1.807) is 18.2 Å². The van der Waals surface area contributed by atoms with E-state index in [-0.39, 0.29) is 0 Å². The zero-order valence-electron chi connectivity index (χ0n) is 7.55. The number of hydrogen-bond acceptors (Lipinski definition) is 2. The highest BCUT2D eigenvalue weighted by Gasteiger charge is 1.97. The Morgan fingerprint density at radius 3 is 2.86 bits per heavy atom. The Kier molecular flexibility index (Phi) is 3.85. The van der Waals surface area contributed by atoms with Crippen LogP contribution in [0.3, 0.4) is 0 Å². The van der Waals surface area contributed by atoms with Crippen LogP contribution in [0.4, 0.5) is 5.69 Å². The lowest BCUT2D eigenvalue weighted by Gasteiger charge is -1.96. The van der Waals surface area contributed by atoms with Gasteiger partial charge < -0.3 is 5.73 Å². The molecule has 0 aromatic heterocycles. The first kappa shape index (κ1) is 10.4. The zero-order valence-corrected chi connectivity index (χ0v) is 8.30. The third kappa shape index (κ3) is 2.69. The number of alkyl halides is 1. The van der Waals surface area contributed by atoms with Crippen LogP contribution in [-0.2, 0) is 0 Å². The van der Waals surface area contributed by atoms with Gasteiger partial charge >= 0.3 is 0 Å². The van der Waals surface area contributed by atoms with Crippen molar-refractivity contribution in [2.24, 2.45) is 0 Å². The van der Waals surface area contributed by atoms with E-state index < -0.39 is 0 Å². The average Bonchev–Trinajstić information content (AvgIpc) is 2.21. The van der Waals surface area contributed by atoms with Crippen LogP contribution in [-0.4, -0.2) is 5.88 Å². The molecule has 0 heterocycles. The Morgan fingerprint density at radius 2 is 2.21 bits per heavy atom. The summed E-state index contributed by atoms with van der Waals surface area (Å²) < 4.78 is 0. The highest BCUT2D eigenvalue weighted by atomic mass is 35.5. The van der Waals surface area contributed by atoms with Crippen molar-refractivity contribution < 1.29 is 0 Å². The SMILES string of the molecule is N#Cc1cc(C#CCCCl)ccc1N. The molecule has 0 bridgehead atoms. The van der Waals surface area contributed by atoms with Crippen molar-refractivity contribution in [1.82, 2.24) is 0 Å². The molecule has 3 heteroatoms. The van der Waals surface area contributed by atoms with Crippen LogP contribution in [0.5, 0.6) is 0 Å². The number of anilines is 1. The summed E-state index contributed by atoms with van der Waals surface area (Å²) in [5.74, 6) is 6.32. The van der Waals surface area contributed by atoms with E-state index in [9.17, 15) is 0 Å². The maximum Gasteiger partial charge on any atom is 0.101 e. The summed E-state index contributed by atoms with van der Waals surface area (Å²) in [6.45, 7) is 0. The number of nitrogens with zero attached hydrogens (tertiary/aromatic N) is 1. The molecule has 0 fully saturated rings. The molecule has 0 aliphatic carbocycles. The minimum absolute atomic E-state index is 0.461. The van der Waals surface area contributed by atoms with Crippen LogP contribution in [0.15, 0.2) is 18.2 Å². The van der Waals surface area contributed by atoms with E-state index in [4.69, 9.17) is 22.6 Å². The number of nitriles is 1. The maximum atomic E-state index is 8.72. The number of hydrogen-bond donors (Lipinski definition) is 1. The number of nitrogens with two attached hydrogens (primary N) is 1. The first-order chi connectivity index (χ1) is 6.77. The largest absolute Gasteiger partial charge is 0.398 e. The molecule has 1 aromatic rings. The quantitative estimate of drug-likeness (QED) is 0.433. The van der Waals surface area contributed by atoms with Gasteiger partial charge in [-0.25, -0.2) is 0 Å². The first-order valence-electron chi connectivity index (χ1n) is 4.12. The molecule has 0 saturated heterocycles. The number of halogens is 1. The highest BCUT2D eigenvalue weighted by molar-refractivity contribution is 6.18. The molecule has 1 aromatic carbocycles. The van der Waals surface area contributed by atoms with Gasteiger partial charge in [-0.3, -0.25) is 0 Å². The van der Waals surface area contributed by atoms with Gasteiger partial charge in [-0.15, -0.1) is 11.6 Å². The minimum atomic E-state index is 0.461. The van der Waals surface area contributed by atoms with E-state index in [0.29, 0.717) is 23.6 Å². The van der Waals surface area contributed by atoms with Crippen molar-refractivity contribution in [3.63, 3.8) is 0 Å². The first-order valence-corrected chi connectivity index (χ1v) is 4.66. The number of nitrogen functional groups attached to an aromatic ring is 1. The normalized spacial score (nSPS) is 8.57. The highest BCUT2D eigenvalue weighted by Crippen LogP contribution is 2.11. The van der Waals surface area contributed by atoms with E-state index >= 15 is 0 Å².